The molecule has 0 heterocycles. The summed E-state index contributed by atoms with van der Waals surface area (Å²) in [5.41, 5.74) is 0.491. The van der Waals surface area contributed by atoms with Crippen LogP contribution < -0.4 is 10.1 Å². The first-order valence-electron chi connectivity index (χ1n) is 6.55. The quantitative estimate of drug-likeness (QED) is 0.828. The zero-order chi connectivity index (χ0) is 16.0. The Morgan fingerprint density at radius 1 is 1.24 bits per heavy atom. The number of rotatable bonds is 6. The summed E-state index contributed by atoms with van der Waals surface area (Å²) < 4.78 is 5.42. The maximum absolute atomic E-state index is 11.9. The molecule has 6 heteroatoms. The van der Waals surface area contributed by atoms with Gasteiger partial charge in [0.25, 0.3) is 5.91 Å². The fourth-order valence-corrected chi connectivity index (χ4v) is 1.65. The van der Waals surface area contributed by atoms with E-state index in [1.54, 1.807) is 38.1 Å². The molecule has 1 amide bonds. The highest BCUT2D eigenvalue weighted by atomic mass is 16.5. The summed E-state index contributed by atoms with van der Waals surface area (Å²) in [6.07, 6.45) is -0.835. The first kappa shape index (κ1) is 16.5. The van der Waals surface area contributed by atoms with Crippen LogP contribution in [0, 0.1) is 17.2 Å². The summed E-state index contributed by atoms with van der Waals surface area (Å²) in [6.45, 7) is 4.96. The van der Waals surface area contributed by atoms with Crippen LogP contribution in [-0.2, 0) is 9.59 Å². The monoisotopic (exact) mass is 290 g/mol. The van der Waals surface area contributed by atoms with E-state index in [9.17, 15) is 9.59 Å². The lowest BCUT2D eigenvalue weighted by Gasteiger charge is -2.21. The summed E-state index contributed by atoms with van der Waals surface area (Å²) >= 11 is 0. The molecule has 0 aliphatic rings. The fourth-order valence-electron chi connectivity index (χ4n) is 1.65. The number of carbonyl (C=O) groups excluding carboxylic acids is 1. The van der Waals surface area contributed by atoms with Gasteiger partial charge in [0.15, 0.2) is 6.10 Å². The van der Waals surface area contributed by atoms with Gasteiger partial charge in [0.05, 0.1) is 11.6 Å². The molecule has 0 radical (unpaired) electrons. The summed E-state index contributed by atoms with van der Waals surface area (Å²) in [7, 11) is 0. The van der Waals surface area contributed by atoms with Gasteiger partial charge in [-0.25, -0.2) is 4.79 Å². The number of carbonyl (C=O) groups is 2. The van der Waals surface area contributed by atoms with Gasteiger partial charge in [0.2, 0.25) is 0 Å². The Kier molecular flexibility index (Phi) is 5.73. The zero-order valence-corrected chi connectivity index (χ0v) is 12.2. The fraction of sp³-hybridized carbons (Fsp3) is 0.400. The van der Waals surface area contributed by atoms with Crippen molar-refractivity contribution in [3.63, 3.8) is 0 Å². The van der Waals surface area contributed by atoms with Crippen molar-refractivity contribution in [2.45, 2.75) is 32.9 Å². The van der Waals surface area contributed by atoms with Crippen molar-refractivity contribution in [3.05, 3.63) is 29.8 Å². The molecule has 0 saturated carbocycles. The minimum absolute atomic E-state index is 0.228. The average molecular weight is 290 g/mol. The number of ether oxygens (including phenoxy) is 1. The molecule has 0 aliphatic carbocycles. The van der Waals surface area contributed by atoms with Crippen molar-refractivity contribution in [2.75, 3.05) is 0 Å². The number of nitriles is 1. The van der Waals surface area contributed by atoms with Crippen molar-refractivity contribution in [2.24, 2.45) is 5.92 Å². The lowest BCUT2D eigenvalue weighted by Crippen LogP contribution is -2.48. The number of amides is 1. The van der Waals surface area contributed by atoms with Gasteiger partial charge < -0.3 is 15.2 Å². The molecular weight excluding hydrogens is 272 g/mol. The Balaban J connectivity index is 2.65. The van der Waals surface area contributed by atoms with Crippen molar-refractivity contribution in [1.29, 1.82) is 5.26 Å². The molecule has 0 fully saturated rings. The van der Waals surface area contributed by atoms with Gasteiger partial charge in [-0.3, -0.25) is 4.79 Å². The lowest BCUT2D eigenvalue weighted by molar-refractivity contribution is -0.144. The molecule has 2 atom stereocenters. The van der Waals surface area contributed by atoms with Gasteiger partial charge in [-0.1, -0.05) is 13.8 Å². The Morgan fingerprint density at radius 2 is 1.81 bits per heavy atom. The van der Waals surface area contributed by atoms with Crippen LogP contribution in [0.5, 0.6) is 5.75 Å². The molecule has 0 aromatic heterocycles. The summed E-state index contributed by atoms with van der Waals surface area (Å²) in [6, 6.07) is 7.35. The standard InChI is InChI=1S/C15H18N2O4/c1-9(2)13(15(19)20)17-14(18)10(3)21-12-6-4-11(8-16)5-7-12/h4-7,9-10,13H,1-3H3,(H,17,18)(H,19,20). The van der Waals surface area contributed by atoms with E-state index in [1.807, 2.05) is 6.07 Å². The Bertz CT molecular complexity index is 546. The van der Waals surface area contributed by atoms with E-state index in [2.05, 4.69) is 5.32 Å². The highest BCUT2D eigenvalue weighted by molar-refractivity contribution is 5.86. The molecule has 21 heavy (non-hydrogen) atoms. The van der Waals surface area contributed by atoms with Crippen LogP contribution in [0.3, 0.4) is 0 Å². The molecule has 1 aromatic carbocycles. The van der Waals surface area contributed by atoms with E-state index in [0.29, 0.717) is 11.3 Å². The molecular formula is C15H18N2O4. The van der Waals surface area contributed by atoms with Crippen LogP contribution in [0.2, 0.25) is 0 Å². The van der Waals surface area contributed by atoms with Crippen molar-refractivity contribution < 1.29 is 19.4 Å². The normalized spacial score (nSPS) is 13.1. The second-order valence-electron chi connectivity index (χ2n) is 4.96. The van der Waals surface area contributed by atoms with Gasteiger partial charge in [0.1, 0.15) is 11.8 Å². The molecule has 0 bridgehead atoms. The first-order chi connectivity index (χ1) is 9.85. The number of hydrogen-bond acceptors (Lipinski definition) is 4. The largest absolute Gasteiger partial charge is 0.481 e. The molecule has 1 aromatic rings. The molecule has 2 unspecified atom stereocenters. The van der Waals surface area contributed by atoms with Gasteiger partial charge >= 0.3 is 5.97 Å². The first-order valence-corrected chi connectivity index (χ1v) is 6.55. The van der Waals surface area contributed by atoms with E-state index in [4.69, 9.17) is 15.1 Å². The minimum atomic E-state index is -1.08. The number of nitrogens with one attached hydrogen (secondary N) is 1. The third kappa shape index (κ3) is 4.80. The van der Waals surface area contributed by atoms with E-state index in [-0.39, 0.29) is 5.92 Å². The number of carboxylic acids is 1. The third-order valence-corrected chi connectivity index (χ3v) is 2.90. The Hall–Kier alpha value is -2.55. The van der Waals surface area contributed by atoms with Crippen LogP contribution in [0.1, 0.15) is 26.3 Å². The highest BCUT2D eigenvalue weighted by Crippen LogP contribution is 2.13. The summed E-state index contributed by atoms with van der Waals surface area (Å²) in [5.74, 6) is -1.37. The number of aliphatic carboxylic acids is 1. The number of carboxylic acid groups (broad SMARTS) is 1. The van der Waals surface area contributed by atoms with Crippen molar-refractivity contribution >= 4 is 11.9 Å². The van der Waals surface area contributed by atoms with Crippen LogP contribution in [-0.4, -0.2) is 29.1 Å². The number of hydrogen-bond donors (Lipinski definition) is 2. The highest BCUT2D eigenvalue weighted by Gasteiger charge is 2.26. The summed E-state index contributed by atoms with van der Waals surface area (Å²) in [4.78, 5) is 23.0. The van der Waals surface area contributed by atoms with Gasteiger partial charge in [-0.05, 0) is 37.1 Å². The smallest absolute Gasteiger partial charge is 0.326 e. The molecule has 112 valence electrons. The predicted molar refractivity (Wildman–Crippen MR) is 75.7 cm³/mol. The summed E-state index contributed by atoms with van der Waals surface area (Å²) in [5, 5.41) is 20.2. The molecule has 0 spiro atoms. The van der Waals surface area contributed by atoms with Crippen LogP contribution in [0.15, 0.2) is 24.3 Å². The van der Waals surface area contributed by atoms with E-state index in [1.165, 1.54) is 6.92 Å². The van der Waals surface area contributed by atoms with Gasteiger partial charge in [-0.2, -0.15) is 5.26 Å². The number of benzene rings is 1. The van der Waals surface area contributed by atoms with E-state index < -0.39 is 24.0 Å². The molecule has 2 N–H and O–H groups in total. The Labute approximate surface area is 123 Å². The topological polar surface area (TPSA) is 99.4 Å². The average Bonchev–Trinajstić information content (AvgIpc) is 2.44. The van der Waals surface area contributed by atoms with Crippen LogP contribution in [0.25, 0.3) is 0 Å². The van der Waals surface area contributed by atoms with Crippen LogP contribution >= 0.6 is 0 Å². The van der Waals surface area contributed by atoms with Crippen LogP contribution in [0.4, 0.5) is 0 Å². The molecule has 1 rings (SSSR count). The van der Waals surface area contributed by atoms with E-state index in [0.717, 1.165) is 0 Å². The van der Waals surface area contributed by atoms with Crippen molar-refractivity contribution in [1.82, 2.24) is 5.32 Å². The van der Waals surface area contributed by atoms with Gasteiger partial charge in [0, 0.05) is 0 Å². The molecule has 0 aliphatic heterocycles. The lowest BCUT2D eigenvalue weighted by atomic mass is 10.0. The molecule has 6 nitrogen and oxygen atoms in total. The SMILES string of the molecule is CC(Oc1ccc(C#N)cc1)C(=O)NC(C(=O)O)C(C)C. The molecule has 0 saturated heterocycles. The maximum Gasteiger partial charge on any atom is 0.326 e. The third-order valence-electron chi connectivity index (χ3n) is 2.90. The number of nitrogens with zero attached hydrogens (tertiary/aromatic N) is 1. The minimum Gasteiger partial charge on any atom is -0.481 e. The maximum atomic E-state index is 11.9. The van der Waals surface area contributed by atoms with Crippen molar-refractivity contribution in [3.8, 4) is 11.8 Å². The van der Waals surface area contributed by atoms with Gasteiger partial charge in [-0.15, -0.1) is 0 Å². The second-order valence-corrected chi connectivity index (χ2v) is 4.96. The second kappa shape index (κ2) is 7.29. The predicted octanol–water partition coefficient (Wildman–Crippen LogP) is 1.55. The van der Waals surface area contributed by atoms with E-state index >= 15 is 0 Å². The Morgan fingerprint density at radius 3 is 2.24 bits per heavy atom. The zero-order valence-electron chi connectivity index (χ0n) is 12.2.